The van der Waals surface area contributed by atoms with E-state index in [1.807, 2.05) is 27.9 Å². The van der Waals surface area contributed by atoms with E-state index in [9.17, 15) is 22.6 Å². The maximum atomic E-state index is 12.5. The van der Waals surface area contributed by atoms with Gasteiger partial charge in [-0.15, -0.1) is 0 Å². The maximum absolute atomic E-state index is 12.5. The fourth-order valence-electron chi connectivity index (χ4n) is 5.75. The number of allylic oxidation sites excluding steroid dienone is 4. The van der Waals surface area contributed by atoms with Crippen molar-refractivity contribution < 1.29 is 40.7 Å². The van der Waals surface area contributed by atoms with Gasteiger partial charge in [-0.25, -0.2) is 8.42 Å². The fourth-order valence-corrected chi connectivity index (χ4v) is 5.75. The van der Waals surface area contributed by atoms with Crippen molar-refractivity contribution in [3.8, 4) is 0 Å². The van der Waals surface area contributed by atoms with Crippen LogP contribution in [0.3, 0.4) is 0 Å². The first-order valence-corrected chi connectivity index (χ1v) is 22.7. The summed E-state index contributed by atoms with van der Waals surface area (Å²) in [6.07, 6.45) is 41.8. The van der Waals surface area contributed by atoms with Gasteiger partial charge in [-0.05, 0) is 64.2 Å². The molecule has 0 aromatic heterocycles. The van der Waals surface area contributed by atoms with Crippen LogP contribution in [0.15, 0.2) is 24.3 Å². The molecule has 9 nitrogen and oxygen atoms in total. The molecule has 0 aliphatic rings. The van der Waals surface area contributed by atoms with E-state index in [2.05, 4.69) is 42.3 Å². The van der Waals surface area contributed by atoms with E-state index >= 15 is 0 Å². The van der Waals surface area contributed by atoms with Crippen LogP contribution in [0.4, 0.5) is 0 Å². The lowest BCUT2D eigenvalue weighted by Gasteiger charge is -2.39. The predicted molar refractivity (Wildman–Crippen MR) is 219 cm³/mol. The normalized spacial score (nSPS) is 13.2. The summed E-state index contributed by atoms with van der Waals surface area (Å²) in [5.41, 5.74) is 0. The number of carbonyl (C=O) groups excluding carboxylic acids is 2. The van der Waals surface area contributed by atoms with E-state index < -0.39 is 10.4 Å². The molecule has 2 unspecified atom stereocenters. The van der Waals surface area contributed by atoms with Crippen molar-refractivity contribution in [2.75, 3.05) is 21.2 Å². The molecule has 0 aliphatic heterocycles. The third-order valence-electron chi connectivity index (χ3n) is 9.97. The lowest BCUT2D eigenvalue weighted by Crippen LogP contribution is -2.56. The number of esters is 2. The zero-order valence-electron chi connectivity index (χ0n) is 35.4. The molecule has 0 saturated carbocycles. The summed E-state index contributed by atoms with van der Waals surface area (Å²) in [5, 5.41) is 0. The molecule has 2 atom stereocenters. The maximum Gasteiger partial charge on any atom is 0.310 e. The Hall–Kier alpha value is -1.75. The summed E-state index contributed by atoms with van der Waals surface area (Å²) in [7, 11) is 0.313. The first-order valence-electron chi connectivity index (χ1n) is 21.3. The molecule has 0 radical (unpaired) electrons. The highest BCUT2D eigenvalue weighted by molar-refractivity contribution is 7.80. The standard InChI is InChI=1S/C42H80NO4.CH4O4S/c1-7-9-11-13-15-17-19-21-23-25-27-29-31-33-35-37-41(44)46-39(3)43(5,6)40(4)47-42(45)38-36-34-32-30-28-26-24-22-20-18-16-14-12-10-8-2;1-5-6(2,3)4/h21-24,39-40H,7-20,25-38H2,1-6H3;1H3,(H,2,3,4)/q+1;/p-1. The van der Waals surface area contributed by atoms with Gasteiger partial charge >= 0.3 is 11.9 Å². The summed E-state index contributed by atoms with van der Waals surface area (Å²) in [6, 6.07) is 0. The summed E-state index contributed by atoms with van der Waals surface area (Å²) < 4.78 is 42.8. The number of carbonyl (C=O) groups is 2. The minimum absolute atomic E-state index is 0.159. The van der Waals surface area contributed by atoms with Crippen LogP contribution >= 0.6 is 0 Å². The molecular weight excluding hydrogens is 691 g/mol. The smallest absolute Gasteiger partial charge is 0.310 e. The second-order valence-electron chi connectivity index (χ2n) is 15.1. The highest BCUT2D eigenvalue weighted by Gasteiger charge is 2.35. The van der Waals surface area contributed by atoms with Gasteiger partial charge in [0, 0.05) is 26.7 Å². The van der Waals surface area contributed by atoms with Crippen molar-refractivity contribution in [3.63, 3.8) is 0 Å². The number of ether oxygens (including phenoxy) is 2. The van der Waals surface area contributed by atoms with Gasteiger partial charge in [-0.2, -0.15) is 0 Å². The summed E-state index contributed by atoms with van der Waals surface area (Å²) >= 11 is 0. The number of rotatable bonds is 35. The Bertz CT molecular complexity index is 950. The SMILES string of the molecule is CCCCCCCCC=CCCCCCCCC(=O)OC(C)[N+](C)(C)C(C)OC(=O)CCCCCCCC=CCCCCCCCC.COS(=O)(=O)[O-]. The molecule has 314 valence electrons. The van der Waals surface area contributed by atoms with Crippen LogP contribution in [0.5, 0.6) is 0 Å². The van der Waals surface area contributed by atoms with Crippen LogP contribution in [0.25, 0.3) is 0 Å². The van der Waals surface area contributed by atoms with Gasteiger partial charge in [-0.1, -0.05) is 141 Å². The van der Waals surface area contributed by atoms with E-state index in [0.717, 1.165) is 32.8 Å². The summed E-state index contributed by atoms with van der Waals surface area (Å²) in [4.78, 5) is 25.0. The number of quaternary nitrogens is 1. The third-order valence-corrected chi connectivity index (χ3v) is 10.4. The Morgan fingerprint density at radius 1 is 0.528 bits per heavy atom. The third kappa shape index (κ3) is 38.3. The average molecular weight is 774 g/mol. The molecule has 0 saturated heterocycles. The number of unbranched alkanes of at least 4 members (excludes halogenated alkanes) is 22. The summed E-state index contributed by atoms with van der Waals surface area (Å²) in [5.74, 6) is -0.318. The van der Waals surface area contributed by atoms with Crippen LogP contribution in [0.1, 0.15) is 207 Å². The van der Waals surface area contributed by atoms with E-state index in [1.54, 1.807) is 0 Å². The van der Waals surface area contributed by atoms with Crippen molar-refractivity contribution in [1.29, 1.82) is 0 Å². The van der Waals surface area contributed by atoms with Gasteiger partial charge in [0.15, 0.2) is 0 Å². The Kier molecular flexibility index (Phi) is 37.4. The van der Waals surface area contributed by atoms with Crippen LogP contribution < -0.4 is 0 Å². The molecule has 0 aromatic rings. The molecule has 0 rings (SSSR count). The van der Waals surface area contributed by atoms with Gasteiger partial charge in [0.2, 0.25) is 22.9 Å². The minimum Gasteiger partial charge on any atom is -0.726 e. The molecule has 0 aromatic carbocycles. The van der Waals surface area contributed by atoms with Crippen LogP contribution in [-0.4, -0.2) is 63.1 Å². The largest absolute Gasteiger partial charge is 0.726 e. The van der Waals surface area contributed by atoms with Gasteiger partial charge in [0.1, 0.15) is 0 Å². The molecule has 0 bridgehead atoms. The van der Waals surface area contributed by atoms with Gasteiger partial charge < -0.3 is 14.0 Å². The molecule has 0 heterocycles. The second kappa shape index (κ2) is 37.2. The first-order chi connectivity index (χ1) is 25.3. The van der Waals surface area contributed by atoms with E-state index in [0.29, 0.717) is 17.3 Å². The van der Waals surface area contributed by atoms with Gasteiger partial charge in [0.05, 0.1) is 21.2 Å². The molecule has 0 aliphatic carbocycles. The molecule has 0 fully saturated rings. The predicted octanol–water partition coefficient (Wildman–Crippen LogP) is 12.0. The first kappa shape index (κ1) is 53.4. The topological polar surface area (TPSA) is 119 Å². The molecule has 0 N–H and O–H groups in total. The number of hydrogen-bond donors (Lipinski definition) is 0. The van der Waals surface area contributed by atoms with Crippen molar-refractivity contribution in [2.45, 2.75) is 220 Å². The number of hydrogen-bond acceptors (Lipinski definition) is 8. The van der Waals surface area contributed by atoms with Crippen molar-refractivity contribution in [1.82, 2.24) is 0 Å². The minimum atomic E-state index is -4.41. The van der Waals surface area contributed by atoms with Crippen LogP contribution in [0.2, 0.25) is 0 Å². The average Bonchev–Trinajstić information content (AvgIpc) is 3.11. The van der Waals surface area contributed by atoms with Gasteiger partial charge in [-0.3, -0.25) is 18.3 Å². The van der Waals surface area contributed by atoms with E-state index in [4.69, 9.17) is 9.47 Å². The Morgan fingerprint density at radius 2 is 0.774 bits per heavy atom. The van der Waals surface area contributed by atoms with Crippen molar-refractivity contribution in [2.24, 2.45) is 0 Å². The van der Waals surface area contributed by atoms with Crippen molar-refractivity contribution >= 4 is 22.3 Å². The molecule has 0 amide bonds. The van der Waals surface area contributed by atoms with Crippen LogP contribution in [0, 0.1) is 0 Å². The molecule has 53 heavy (non-hydrogen) atoms. The lowest BCUT2D eigenvalue weighted by atomic mass is 10.1. The van der Waals surface area contributed by atoms with Crippen LogP contribution in [-0.2, 0) is 33.6 Å². The molecular formula is C43H83NO8S. The zero-order chi connectivity index (χ0) is 40.1. The highest BCUT2D eigenvalue weighted by atomic mass is 32.3. The summed E-state index contributed by atoms with van der Waals surface area (Å²) in [6.45, 7) is 8.32. The second-order valence-corrected chi connectivity index (χ2v) is 16.2. The Labute approximate surface area is 327 Å². The molecule has 0 spiro atoms. The highest BCUT2D eigenvalue weighted by Crippen LogP contribution is 2.19. The van der Waals surface area contributed by atoms with Crippen molar-refractivity contribution in [3.05, 3.63) is 24.3 Å². The van der Waals surface area contributed by atoms with E-state index in [-0.39, 0.29) is 24.4 Å². The number of nitrogens with zero attached hydrogens (tertiary/aromatic N) is 1. The Morgan fingerprint density at radius 3 is 1.04 bits per heavy atom. The Balaban J connectivity index is 0. The zero-order valence-corrected chi connectivity index (χ0v) is 36.2. The monoisotopic (exact) mass is 774 g/mol. The quantitative estimate of drug-likeness (QED) is 0.0119. The van der Waals surface area contributed by atoms with Gasteiger partial charge in [0.25, 0.3) is 0 Å². The lowest BCUT2D eigenvalue weighted by molar-refractivity contribution is -0.971. The molecule has 10 heteroatoms. The fraction of sp³-hybridized carbons (Fsp3) is 0.860. The van der Waals surface area contributed by atoms with E-state index in [1.165, 1.54) is 141 Å².